The van der Waals surface area contributed by atoms with E-state index in [4.69, 9.17) is 14.2 Å². The van der Waals surface area contributed by atoms with E-state index in [1.165, 1.54) is 0 Å². The van der Waals surface area contributed by atoms with Crippen LogP contribution in [0.25, 0.3) is 0 Å². The van der Waals surface area contributed by atoms with Gasteiger partial charge in [-0.25, -0.2) is 0 Å². The number of aliphatic hydroxyl groups is 1. The van der Waals surface area contributed by atoms with Gasteiger partial charge in [0.15, 0.2) is 6.29 Å². The van der Waals surface area contributed by atoms with Crippen LogP contribution in [0.2, 0.25) is 0 Å². The molecule has 1 heterocycles. The van der Waals surface area contributed by atoms with E-state index in [-0.39, 0.29) is 12.7 Å². The highest BCUT2D eigenvalue weighted by atomic mass is 16.7. The summed E-state index contributed by atoms with van der Waals surface area (Å²) in [5, 5.41) is 9.68. The summed E-state index contributed by atoms with van der Waals surface area (Å²) in [5.74, 6) is 0. The van der Waals surface area contributed by atoms with Gasteiger partial charge < -0.3 is 19.3 Å². The highest BCUT2D eigenvalue weighted by Gasteiger charge is 2.27. The van der Waals surface area contributed by atoms with Crippen LogP contribution in [0.1, 0.15) is 11.9 Å². The largest absolute Gasteiger partial charge is 0.388 e. The second-order valence-corrected chi connectivity index (χ2v) is 3.75. The molecule has 0 bridgehead atoms. The minimum absolute atomic E-state index is 0.220. The lowest BCUT2D eigenvalue weighted by molar-refractivity contribution is -0.138. The summed E-state index contributed by atoms with van der Waals surface area (Å²) in [4.78, 5) is 0. The Morgan fingerprint density at radius 2 is 1.88 bits per heavy atom. The Morgan fingerprint density at radius 1 is 1.19 bits per heavy atom. The molecule has 0 aromatic heterocycles. The maximum absolute atomic E-state index is 9.68. The predicted octanol–water partition coefficient (Wildman–Crippen LogP) is 1.11. The third kappa shape index (κ3) is 2.59. The fourth-order valence-corrected chi connectivity index (χ4v) is 1.66. The molecule has 3 atom stereocenters. The van der Waals surface area contributed by atoms with Gasteiger partial charge >= 0.3 is 0 Å². The van der Waals surface area contributed by atoms with E-state index >= 15 is 0 Å². The molecule has 0 aliphatic carbocycles. The molecular formula is C12H16O4. The quantitative estimate of drug-likeness (QED) is 0.817. The van der Waals surface area contributed by atoms with Crippen molar-refractivity contribution in [3.63, 3.8) is 0 Å². The van der Waals surface area contributed by atoms with Gasteiger partial charge in [-0.15, -0.1) is 0 Å². The van der Waals surface area contributed by atoms with Crippen molar-refractivity contribution in [3.05, 3.63) is 35.9 Å². The zero-order valence-corrected chi connectivity index (χ0v) is 9.20. The predicted molar refractivity (Wildman–Crippen MR) is 57.9 cm³/mol. The van der Waals surface area contributed by atoms with Crippen LogP contribution in [0.5, 0.6) is 0 Å². The average molecular weight is 224 g/mol. The van der Waals surface area contributed by atoms with Gasteiger partial charge in [0.05, 0.1) is 13.2 Å². The van der Waals surface area contributed by atoms with E-state index in [0.29, 0.717) is 6.61 Å². The third-order valence-electron chi connectivity index (χ3n) is 2.63. The molecule has 1 aliphatic rings. The Bertz CT molecular complexity index is 314. The van der Waals surface area contributed by atoms with Gasteiger partial charge in [0, 0.05) is 12.7 Å². The number of hydrogen-bond acceptors (Lipinski definition) is 4. The van der Waals surface area contributed by atoms with Crippen molar-refractivity contribution in [2.75, 3.05) is 20.3 Å². The molecule has 0 radical (unpaired) electrons. The lowest BCUT2D eigenvalue weighted by Crippen LogP contribution is -2.33. The molecular weight excluding hydrogens is 208 g/mol. The Hall–Kier alpha value is -0.940. The number of benzene rings is 1. The number of ether oxygens (including phenoxy) is 3. The van der Waals surface area contributed by atoms with Gasteiger partial charge in [0.25, 0.3) is 0 Å². The summed E-state index contributed by atoms with van der Waals surface area (Å²) in [6.45, 7) is 0.551. The lowest BCUT2D eigenvalue weighted by Gasteiger charge is -2.16. The minimum atomic E-state index is -0.640. The van der Waals surface area contributed by atoms with E-state index in [1.807, 2.05) is 30.3 Å². The van der Waals surface area contributed by atoms with E-state index in [9.17, 15) is 5.11 Å². The average Bonchev–Trinajstić information content (AvgIpc) is 2.52. The monoisotopic (exact) mass is 224 g/mol. The van der Waals surface area contributed by atoms with Crippen molar-refractivity contribution in [2.45, 2.75) is 18.5 Å². The molecule has 88 valence electrons. The van der Waals surface area contributed by atoms with Gasteiger partial charge in [-0.05, 0) is 0 Å². The van der Waals surface area contributed by atoms with Crippen molar-refractivity contribution in [3.8, 4) is 0 Å². The summed E-state index contributed by atoms with van der Waals surface area (Å²) in [7, 11) is 1.56. The van der Waals surface area contributed by atoms with Crippen LogP contribution >= 0.6 is 0 Å². The number of methoxy groups -OCH3 is 1. The number of hydrogen-bond donors (Lipinski definition) is 1. The standard InChI is InChI=1S/C12H16O4/c1-14-11-8-16-12(15-7-10(11)13)9-5-3-2-4-6-9/h2-6,10-13H,7-8H2,1H3. The summed E-state index contributed by atoms with van der Waals surface area (Å²) in [6.07, 6.45) is -1.39. The van der Waals surface area contributed by atoms with Crippen LogP contribution in [0.4, 0.5) is 0 Å². The minimum Gasteiger partial charge on any atom is -0.388 e. The van der Waals surface area contributed by atoms with Gasteiger partial charge in [0.1, 0.15) is 12.2 Å². The third-order valence-corrected chi connectivity index (χ3v) is 2.63. The normalized spacial score (nSPS) is 31.0. The summed E-state index contributed by atoms with van der Waals surface area (Å²) in [6, 6.07) is 9.66. The Kier molecular flexibility index (Phi) is 3.90. The maximum atomic E-state index is 9.68. The molecule has 1 aliphatic heterocycles. The summed E-state index contributed by atoms with van der Waals surface area (Å²) >= 11 is 0. The molecule has 4 nitrogen and oxygen atoms in total. The fourth-order valence-electron chi connectivity index (χ4n) is 1.66. The fraction of sp³-hybridized carbons (Fsp3) is 0.500. The van der Waals surface area contributed by atoms with Gasteiger partial charge in [-0.2, -0.15) is 0 Å². The lowest BCUT2D eigenvalue weighted by atomic mass is 10.2. The molecule has 2 rings (SSSR count). The van der Waals surface area contributed by atoms with Crippen molar-refractivity contribution in [1.82, 2.24) is 0 Å². The number of rotatable bonds is 2. The maximum Gasteiger partial charge on any atom is 0.184 e. The first kappa shape index (κ1) is 11.5. The van der Waals surface area contributed by atoms with Crippen molar-refractivity contribution < 1.29 is 19.3 Å². The Balaban J connectivity index is 2.04. The Labute approximate surface area is 94.8 Å². The molecule has 0 spiro atoms. The van der Waals surface area contributed by atoms with Crippen LogP contribution in [0, 0.1) is 0 Å². The Morgan fingerprint density at radius 3 is 2.56 bits per heavy atom. The topological polar surface area (TPSA) is 47.9 Å². The SMILES string of the molecule is COC1COC(c2ccccc2)OCC1O. The van der Waals surface area contributed by atoms with Crippen molar-refractivity contribution in [1.29, 1.82) is 0 Å². The second-order valence-electron chi connectivity index (χ2n) is 3.75. The molecule has 1 fully saturated rings. The van der Waals surface area contributed by atoms with Crippen LogP contribution in [-0.2, 0) is 14.2 Å². The van der Waals surface area contributed by atoms with Gasteiger partial charge in [-0.3, -0.25) is 0 Å². The highest BCUT2D eigenvalue weighted by Crippen LogP contribution is 2.22. The van der Waals surface area contributed by atoms with Gasteiger partial charge in [-0.1, -0.05) is 30.3 Å². The molecule has 0 amide bonds. The van der Waals surface area contributed by atoms with Crippen LogP contribution < -0.4 is 0 Å². The molecule has 1 aromatic rings. The smallest absolute Gasteiger partial charge is 0.184 e. The second kappa shape index (κ2) is 5.41. The van der Waals surface area contributed by atoms with E-state index in [1.54, 1.807) is 7.11 Å². The molecule has 4 heteroatoms. The summed E-state index contributed by atoms with van der Waals surface area (Å²) in [5.41, 5.74) is 0.950. The van der Waals surface area contributed by atoms with E-state index in [0.717, 1.165) is 5.56 Å². The van der Waals surface area contributed by atoms with E-state index < -0.39 is 12.4 Å². The first-order valence-electron chi connectivity index (χ1n) is 5.30. The van der Waals surface area contributed by atoms with Crippen LogP contribution in [0.15, 0.2) is 30.3 Å². The van der Waals surface area contributed by atoms with Gasteiger partial charge in [0.2, 0.25) is 0 Å². The zero-order valence-electron chi connectivity index (χ0n) is 9.20. The molecule has 16 heavy (non-hydrogen) atoms. The van der Waals surface area contributed by atoms with E-state index in [2.05, 4.69) is 0 Å². The zero-order chi connectivity index (χ0) is 11.4. The highest BCUT2D eigenvalue weighted by molar-refractivity contribution is 5.16. The van der Waals surface area contributed by atoms with Crippen LogP contribution in [0.3, 0.4) is 0 Å². The summed E-state index contributed by atoms with van der Waals surface area (Å²) < 4.78 is 16.1. The molecule has 0 saturated carbocycles. The first-order valence-corrected chi connectivity index (χ1v) is 5.30. The molecule has 1 aromatic carbocycles. The first-order chi connectivity index (χ1) is 7.81. The molecule has 3 unspecified atom stereocenters. The van der Waals surface area contributed by atoms with Crippen molar-refractivity contribution in [2.24, 2.45) is 0 Å². The van der Waals surface area contributed by atoms with Crippen LogP contribution in [-0.4, -0.2) is 37.6 Å². The molecule has 1 N–H and O–H groups in total. The molecule has 1 saturated heterocycles. The number of aliphatic hydroxyl groups excluding tert-OH is 1. The van der Waals surface area contributed by atoms with Crippen molar-refractivity contribution >= 4 is 0 Å².